The van der Waals surface area contributed by atoms with E-state index in [-0.39, 0.29) is 18.1 Å². The summed E-state index contributed by atoms with van der Waals surface area (Å²) < 4.78 is 15.1. The number of methoxy groups -OCH3 is 3. The summed E-state index contributed by atoms with van der Waals surface area (Å²) in [5.74, 6) is 5.80. The smallest absolute Gasteiger partial charge is 0.322 e. The average Bonchev–Trinajstić information content (AvgIpc) is 2.42. The predicted octanol–water partition coefficient (Wildman–Crippen LogP) is -0.761. The highest BCUT2D eigenvalue weighted by atomic mass is 16.5. The summed E-state index contributed by atoms with van der Waals surface area (Å²) in [4.78, 5) is 11.9. The predicted molar refractivity (Wildman–Crippen MR) is 65.4 cm³/mol. The van der Waals surface area contributed by atoms with Gasteiger partial charge in [-0.1, -0.05) is 0 Å². The fourth-order valence-corrected chi connectivity index (χ4v) is 1.19. The van der Waals surface area contributed by atoms with Crippen molar-refractivity contribution in [1.29, 1.82) is 0 Å². The number of rotatable bonds is 8. The molecule has 0 aliphatic rings. The number of nitrogen functional groups attached to an aromatic ring is 1. The Balaban J connectivity index is 2.65. The molecule has 1 heterocycles. The Bertz CT molecular complexity index is 342. The molecule has 0 saturated heterocycles. The summed E-state index contributed by atoms with van der Waals surface area (Å²) >= 11 is 0. The molecule has 0 bridgehead atoms. The fraction of sp³-hybridized carbons (Fsp3) is 0.667. The van der Waals surface area contributed by atoms with Crippen LogP contribution in [-0.4, -0.2) is 55.5 Å². The van der Waals surface area contributed by atoms with Crippen LogP contribution >= 0.6 is 0 Å². The van der Waals surface area contributed by atoms with Gasteiger partial charge in [0.2, 0.25) is 11.9 Å². The number of nitrogens with one attached hydrogen (secondary N) is 2. The lowest BCUT2D eigenvalue weighted by atomic mass is 10.4. The summed E-state index contributed by atoms with van der Waals surface area (Å²) in [5.41, 5.74) is 2.33. The maximum atomic E-state index is 5.24. The van der Waals surface area contributed by atoms with Gasteiger partial charge < -0.3 is 19.5 Å². The average molecular weight is 258 g/mol. The van der Waals surface area contributed by atoms with E-state index < -0.39 is 0 Å². The van der Waals surface area contributed by atoms with Crippen molar-refractivity contribution in [1.82, 2.24) is 15.0 Å². The van der Waals surface area contributed by atoms with Gasteiger partial charge in [0.1, 0.15) is 0 Å². The number of hydrazine groups is 1. The quantitative estimate of drug-likeness (QED) is 0.408. The van der Waals surface area contributed by atoms with Gasteiger partial charge in [-0.15, -0.1) is 0 Å². The molecular formula is C9H18N6O3. The van der Waals surface area contributed by atoms with Crippen LogP contribution < -0.4 is 21.3 Å². The SMILES string of the molecule is COCC(CNc1nc(NN)nc(OC)n1)OC. The Kier molecular flexibility index (Phi) is 6.05. The molecule has 0 aliphatic carbocycles. The second-order valence-electron chi connectivity index (χ2n) is 3.31. The third-order valence-electron chi connectivity index (χ3n) is 2.10. The number of nitrogens with two attached hydrogens (primary N) is 1. The highest BCUT2D eigenvalue weighted by molar-refractivity contribution is 5.34. The Morgan fingerprint density at radius 1 is 1.17 bits per heavy atom. The van der Waals surface area contributed by atoms with E-state index in [1.165, 1.54) is 7.11 Å². The zero-order valence-electron chi connectivity index (χ0n) is 10.6. The summed E-state index contributed by atoms with van der Waals surface area (Å²) in [6.07, 6.45) is -0.105. The highest BCUT2D eigenvalue weighted by Crippen LogP contribution is 2.09. The Hall–Kier alpha value is -1.71. The van der Waals surface area contributed by atoms with E-state index in [1.807, 2.05) is 0 Å². The molecule has 1 rings (SSSR count). The molecule has 102 valence electrons. The van der Waals surface area contributed by atoms with Crippen molar-refractivity contribution in [3.05, 3.63) is 0 Å². The number of ether oxygens (including phenoxy) is 3. The minimum atomic E-state index is -0.105. The topological polar surface area (TPSA) is 116 Å². The molecule has 0 aliphatic heterocycles. The van der Waals surface area contributed by atoms with Gasteiger partial charge in [0, 0.05) is 20.8 Å². The number of hydrogen-bond acceptors (Lipinski definition) is 9. The summed E-state index contributed by atoms with van der Waals surface area (Å²) in [7, 11) is 4.67. The van der Waals surface area contributed by atoms with Crippen molar-refractivity contribution >= 4 is 11.9 Å². The lowest BCUT2D eigenvalue weighted by Gasteiger charge is -2.15. The maximum Gasteiger partial charge on any atom is 0.322 e. The van der Waals surface area contributed by atoms with Crippen LogP contribution in [0.3, 0.4) is 0 Å². The van der Waals surface area contributed by atoms with E-state index in [4.69, 9.17) is 20.1 Å². The molecule has 0 aromatic carbocycles. The van der Waals surface area contributed by atoms with Gasteiger partial charge in [-0.25, -0.2) is 5.84 Å². The molecule has 0 fully saturated rings. The molecule has 0 amide bonds. The molecule has 1 atom stereocenters. The molecule has 0 radical (unpaired) electrons. The number of hydrogen-bond donors (Lipinski definition) is 3. The first-order valence-electron chi connectivity index (χ1n) is 5.25. The highest BCUT2D eigenvalue weighted by Gasteiger charge is 2.10. The Labute approximate surface area is 105 Å². The number of aromatic nitrogens is 3. The van der Waals surface area contributed by atoms with Gasteiger partial charge in [-0.05, 0) is 0 Å². The molecule has 9 nitrogen and oxygen atoms in total. The van der Waals surface area contributed by atoms with Crippen molar-refractivity contribution in [3.8, 4) is 6.01 Å². The Morgan fingerprint density at radius 3 is 2.44 bits per heavy atom. The van der Waals surface area contributed by atoms with Crippen LogP contribution in [0.5, 0.6) is 6.01 Å². The number of nitrogens with zero attached hydrogens (tertiary/aromatic N) is 3. The second kappa shape index (κ2) is 7.58. The third-order valence-corrected chi connectivity index (χ3v) is 2.10. The van der Waals surface area contributed by atoms with Gasteiger partial charge in [-0.3, -0.25) is 5.43 Å². The lowest BCUT2D eigenvalue weighted by Crippen LogP contribution is -2.27. The summed E-state index contributed by atoms with van der Waals surface area (Å²) in [5, 5.41) is 2.99. The molecule has 0 saturated carbocycles. The van der Waals surface area contributed by atoms with Crippen molar-refractivity contribution < 1.29 is 14.2 Å². The molecule has 1 aromatic rings. The molecule has 18 heavy (non-hydrogen) atoms. The number of anilines is 2. The summed E-state index contributed by atoms with van der Waals surface area (Å²) in [6.45, 7) is 0.954. The zero-order valence-corrected chi connectivity index (χ0v) is 10.6. The van der Waals surface area contributed by atoms with Gasteiger partial charge in [0.05, 0.1) is 19.8 Å². The van der Waals surface area contributed by atoms with Gasteiger partial charge in [-0.2, -0.15) is 15.0 Å². The lowest BCUT2D eigenvalue weighted by molar-refractivity contribution is 0.0364. The van der Waals surface area contributed by atoms with E-state index in [2.05, 4.69) is 25.7 Å². The molecule has 1 unspecified atom stereocenters. The van der Waals surface area contributed by atoms with Crippen molar-refractivity contribution in [2.45, 2.75) is 6.10 Å². The molecule has 9 heteroatoms. The van der Waals surface area contributed by atoms with Crippen LogP contribution in [0.15, 0.2) is 0 Å². The third kappa shape index (κ3) is 4.28. The molecule has 0 spiro atoms. The van der Waals surface area contributed by atoms with E-state index in [0.29, 0.717) is 19.1 Å². The molecule has 4 N–H and O–H groups in total. The molecular weight excluding hydrogens is 240 g/mol. The fourth-order valence-electron chi connectivity index (χ4n) is 1.19. The normalized spacial score (nSPS) is 12.0. The van der Waals surface area contributed by atoms with E-state index in [0.717, 1.165) is 0 Å². The molecule has 1 aromatic heterocycles. The van der Waals surface area contributed by atoms with Gasteiger partial charge in [0.15, 0.2) is 0 Å². The van der Waals surface area contributed by atoms with Crippen molar-refractivity contribution in [2.75, 3.05) is 45.2 Å². The van der Waals surface area contributed by atoms with E-state index in [9.17, 15) is 0 Å². The minimum Gasteiger partial charge on any atom is -0.467 e. The first kappa shape index (κ1) is 14.4. The van der Waals surface area contributed by atoms with Crippen molar-refractivity contribution in [3.63, 3.8) is 0 Å². The van der Waals surface area contributed by atoms with Gasteiger partial charge >= 0.3 is 6.01 Å². The van der Waals surface area contributed by atoms with Crippen LogP contribution in [0.1, 0.15) is 0 Å². The standard InChI is InChI=1S/C9H18N6O3/c1-16-5-6(17-2)4-11-7-12-8(15-10)14-9(13-7)18-3/h6H,4-5,10H2,1-3H3,(H2,11,12,13,14,15). The van der Waals surface area contributed by atoms with Crippen LogP contribution in [0.25, 0.3) is 0 Å². The second-order valence-corrected chi connectivity index (χ2v) is 3.31. The van der Waals surface area contributed by atoms with Crippen LogP contribution in [0.2, 0.25) is 0 Å². The zero-order chi connectivity index (χ0) is 13.4. The minimum absolute atomic E-state index is 0.105. The maximum absolute atomic E-state index is 5.24. The first-order chi connectivity index (χ1) is 8.73. The monoisotopic (exact) mass is 258 g/mol. The van der Waals surface area contributed by atoms with Crippen LogP contribution in [0, 0.1) is 0 Å². The van der Waals surface area contributed by atoms with E-state index in [1.54, 1.807) is 14.2 Å². The largest absolute Gasteiger partial charge is 0.467 e. The van der Waals surface area contributed by atoms with Crippen molar-refractivity contribution in [2.24, 2.45) is 5.84 Å². The van der Waals surface area contributed by atoms with Gasteiger partial charge in [0.25, 0.3) is 0 Å². The summed E-state index contributed by atoms with van der Waals surface area (Å²) in [6, 6.07) is 0.168. The Morgan fingerprint density at radius 2 is 1.89 bits per heavy atom. The van der Waals surface area contributed by atoms with E-state index >= 15 is 0 Å². The van der Waals surface area contributed by atoms with Crippen LogP contribution in [0.4, 0.5) is 11.9 Å². The van der Waals surface area contributed by atoms with Crippen LogP contribution in [-0.2, 0) is 9.47 Å². The first-order valence-corrected chi connectivity index (χ1v) is 5.25.